The second-order valence-corrected chi connectivity index (χ2v) is 6.74. The summed E-state index contributed by atoms with van der Waals surface area (Å²) >= 11 is 0. The van der Waals surface area contributed by atoms with Crippen LogP contribution in [0, 0.1) is 0 Å². The van der Waals surface area contributed by atoms with Crippen LogP contribution in [0.1, 0.15) is 51.1 Å². The maximum atomic E-state index is 9.31. The molecule has 1 aromatic heterocycles. The van der Waals surface area contributed by atoms with Crippen LogP contribution in [0.15, 0.2) is 24.3 Å². The van der Waals surface area contributed by atoms with Gasteiger partial charge in [0.05, 0.1) is 18.8 Å². The van der Waals surface area contributed by atoms with Crippen molar-refractivity contribution in [1.82, 2.24) is 15.0 Å². The molecule has 2 rings (SSSR count). The van der Waals surface area contributed by atoms with Crippen LogP contribution in [-0.2, 0) is 25.0 Å². The number of benzene rings is 1. The lowest BCUT2D eigenvalue weighted by molar-refractivity contribution is 0.274. The predicted molar refractivity (Wildman–Crippen MR) is 90.6 cm³/mol. The van der Waals surface area contributed by atoms with E-state index in [1.54, 1.807) is 0 Å². The molecule has 0 radical (unpaired) electrons. The molecule has 0 aliphatic heterocycles. The molecular weight excluding hydrogens is 290 g/mol. The van der Waals surface area contributed by atoms with E-state index in [9.17, 15) is 5.11 Å². The summed E-state index contributed by atoms with van der Waals surface area (Å²) in [5.74, 6) is 0.859. The van der Waals surface area contributed by atoms with Crippen molar-refractivity contribution in [1.29, 1.82) is 0 Å². The normalized spacial score (nSPS) is 11.7. The minimum absolute atomic E-state index is 0.0650. The molecule has 1 N–H and O–H groups in total. The van der Waals surface area contributed by atoms with E-state index in [4.69, 9.17) is 4.74 Å². The lowest BCUT2D eigenvalue weighted by Gasteiger charge is -2.19. The topological polar surface area (TPSA) is 60.2 Å². The van der Waals surface area contributed by atoms with Crippen molar-refractivity contribution in [3.05, 3.63) is 41.2 Å². The maximum Gasteiger partial charge on any atom is 0.119 e. The highest BCUT2D eigenvalue weighted by atomic mass is 16.5. The molecule has 0 unspecified atom stereocenters. The van der Waals surface area contributed by atoms with E-state index in [0.29, 0.717) is 18.8 Å². The molecule has 23 heavy (non-hydrogen) atoms. The maximum absolute atomic E-state index is 9.31. The highest BCUT2D eigenvalue weighted by Crippen LogP contribution is 2.24. The monoisotopic (exact) mass is 317 g/mol. The van der Waals surface area contributed by atoms with E-state index in [2.05, 4.69) is 50.1 Å². The predicted octanol–water partition coefficient (Wildman–Crippen LogP) is 3.10. The number of nitrogens with zero attached hydrogens (tertiary/aromatic N) is 3. The van der Waals surface area contributed by atoms with E-state index in [-0.39, 0.29) is 12.0 Å². The van der Waals surface area contributed by atoms with Gasteiger partial charge >= 0.3 is 0 Å². The van der Waals surface area contributed by atoms with Crippen molar-refractivity contribution >= 4 is 0 Å². The van der Waals surface area contributed by atoms with E-state index in [1.807, 2.05) is 16.8 Å². The molecule has 5 nitrogen and oxygen atoms in total. The molecule has 0 saturated heterocycles. The van der Waals surface area contributed by atoms with E-state index in [0.717, 1.165) is 24.3 Å². The van der Waals surface area contributed by atoms with Gasteiger partial charge in [0.2, 0.25) is 0 Å². The van der Waals surface area contributed by atoms with Crippen molar-refractivity contribution in [2.45, 2.75) is 59.1 Å². The average Bonchev–Trinajstić information content (AvgIpc) is 2.90. The van der Waals surface area contributed by atoms with Crippen LogP contribution in [-0.4, -0.2) is 26.7 Å². The molecule has 5 heteroatoms. The summed E-state index contributed by atoms with van der Waals surface area (Å²) in [6, 6.07) is 8.23. The van der Waals surface area contributed by atoms with Gasteiger partial charge in [-0.1, -0.05) is 51.5 Å². The Morgan fingerprint density at radius 3 is 2.43 bits per heavy atom. The molecule has 0 atom stereocenters. The fourth-order valence-electron chi connectivity index (χ4n) is 2.48. The number of ether oxygens (including phenoxy) is 1. The van der Waals surface area contributed by atoms with E-state index >= 15 is 0 Å². The second kappa shape index (κ2) is 7.59. The number of hydrogen-bond donors (Lipinski definition) is 1. The Labute approximate surface area is 138 Å². The molecular formula is C18H27N3O2. The molecule has 0 aliphatic rings. The molecule has 1 heterocycles. The molecule has 0 spiro atoms. The first-order valence-corrected chi connectivity index (χ1v) is 8.21. The molecule has 0 saturated carbocycles. The van der Waals surface area contributed by atoms with Crippen LogP contribution < -0.4 is 4.74 Å². The molecule has 0 bridgehead atoms. The first-order chi connectivity index (χ1) is 11.0. The van der Waals surface area contributed by atoms with Gasteiger partial charge < -0.3 is 9.84 Å². The van der Waals surface area contributed by atoms with Gasteiger partial charge in [-0.05, 0) is 29.5 Å². The minimum atomic E-state index is -0.0650. The smallest absolute Gasteiger partial charge is 0.119 e. The van der Waals surface area contributed by atoms with Gasteiger partial charge in [-0.3, -0.25) is 0 Å². The first kappa shape index (κ1) is 17.5. The van der Waals surface area contributed by atoms with Gasteiger partial charge in [0, 0.05) is 0 Å². The Kier molecular flexibility index (Phi) is 5.77. The summed E-state index contributed by atoms with van der Waals surface area (Å²) in [7, 11) is 0. The van der Waals surface area contributed by atoms with Crippen molar-refractivity contribution in [3.63, 3.8) is 0 Å². The van der Waals surface area contributed by atoms with E-state index in [1.165, 1.54) is 5.56 Å². The summed E-state index contributed by atoms with van der Waals surface area (Å²) < 4.78 is 7.63. The Bertz CT molecular complexity index is 612. The number of aliphatic hydroxyl groups excluding tert-OH is 1. The van der Waals surface area contributed by atoms with Crippen LogP contribution >= 0.6 is 0 Å². The average molecular weight is 317 g/mol. The van der Waals surface area contributed by atoms with Crippen LogP contribution in [0.3, 0.4) is 0 Å². The number of aromatic nitrogens is 3. The first-order valence-electron chi connectivity index (χ1n) is 8.21. The van der Waals surface area contributed by atoms with Crippen LogP contribution in [0.5, 0.6) is 5.75 Å². The molecule has 126 valence electrons. The van der Waals surface area contributed by atoms with Crippen molar-refractivity contribution in [3.8, 4) is 5.75 Å². The number of aliphatic hydroxyl groups is 1. The quantitative estimate of drug-likeness (QED) is 0.852. The third kappa shape index (κ3) is 4.55. The van der Waals surface area contributed by atoms with Gasteiger partial charge in [0.15, 0.2) is 0 Å². The van der Waals surface area contributed by atoms with Gasteiger partial charge in [-0.15, -0.1) is 5.10 Å². The summed E-state index contributed by atoms with van der Waals surface area (Å²) in [6.45, 7) is 9.78. The standard InChI is InChI=1S/C18H27N3O2/c1-5-6-17-16(13-22)19-20-21(17)11-12-23-15-9-7-14(8-10-15)18(2,3)4/h7-10,22H,5-6,11-13H2,1-4H3. The van der Waals surface area contributed by atoms with Gasteiger partial charge in [-0.2, -0.15) is 0 Å². The summed E-state index contributed by atoms with van der Waals surface area (Å²) in [5, 5.41) is 17.4. The third-order valence-electron chi connectivity index (χ3n) is 3.85. The fourth-order valence-corrected chi connectivity index (χ4v) is 2.48. The van der Waals surface area contributed by atoms with Crippen LogP contribution in [0.25, 0.3) is 0 Å². The largest absolute Gasteiger partial charge is 0.492 e. The number of rotatable bonds is 7. The lowest BCUT2D eigenvalue weighted by atomic mass is 9.87. The second-order valence-electron chi connectivity index (χ2n) is 6.74. The zero-order valence-corrected chi connectivity index (χ0v) is 14.5. The molecule has 0 amide bonds. The van der Waals surface area contributed by atoms with Gasteiger partial charge in [-0.25, -0.2) is 4.68 Å². The number of hydrogen-bond acceptors (Lipinski definition) is 4. The zero-order chi connectivity index (χ0) is 16.9. The summed E-state index contributed by atoms with van der Waals surface area (Å²) in [6.07, 6.45) is 1.86. The zero-order valence-electron chi connectivity index (χ0n) is 14.5. The lowest BCUT2D eigenvalue weighted by Crippen LogP contribution is -2.13. The van der Waals surface area contributed by atoms with E-state index < -0.39 is 0 Å². The Hall–Kier alpha value is -1.88. The highest BCUT2D eigenvalue weighted by Gasteiger charge is 2.13. The van der Waals surface area contributed by atoms with Crippen LogP contribution in [0.2, 0.25) is 0 Å². The van der Waals surface area contributed by atoms with Gasteiger partial charge in [0.1, 0.15) is 18.1 Å². The Balaban J connectivity index is 1.94. The fraction of sp³-hybridized carbons (Fsp3) is 0.556. The van der Waals surface area contributed by atoms with Crippen molar-refractivity contribution < 1.29 is 9.84 Å². The Morgan fingerprint density at radius 2 is 1.87 bits per heavy atom. The Morgan fingerprint density at radius 1 is 1.17 bits per heavy atom. The molecule has 0 aliphatic carbocycles. The SMILES string of the molecule is CCCc1c(CO)nnn1CCOc1ccc(C(C)(C)C)cc1. The van der Waals surface area contributed by atoms with Gasteiger partial charge in [0.25, 0.3) is 0 Å². The molecule has 0 fully saturated rings. The van der Waals surface area contributed by atoms with Crippen molar-refractivity contribution in [2.24, 2.45) is 0 Å². The van der Waals surface area contributed by atoms with Crippen LogP contribution in [0.4, 0.5) is 0 Å². The van der Waals surface area contributed by atoms with Crippen molar-refractivity contribution in [2.75, 3.05) is 6.61 Å². The molecule has 2 aromatic rings. The summed E-state index contributed by atoms with van der Waals surface area (Å²) in [5.41, 5.74) is 3.11. The third-order valence-corrected chi connectivity index (χ3v) is 3.85. The molecule has 1 aromatic carbocycles. The minimum Gasteiger partial charge on any atom is -0.492 e. The summed E-state index contributed by atoms with van der Waals surface area (Å²) in [4.78, 5) is 0. The highest BCUT2D eigenvalue weighted by molar-refractivity contribution is 5.31.